The van der Waals surface area contributed by atoms with Gasteiger partial charge in [-0.2, -0.15) is 4.80 Å². The second-order valence-corrected chi connectivity index (χ2v) is 5.92. The lowest BCUT2D eigenvalue weighted by Crippen LogP contribution is -2.54. The zero-order valence-electron chi connectivity index (χ0n) is 12.3. The number of hydrogen-bond donors (Lipinski definition) is 0. The summed E-state index contributed by atoms with van der Waals surface area (Å²) in [5.41, 5.74) is -0.350. The largest absolute Gasteiger partial charge is 0.297 e. The minimum atomic E-state index is -0.350. The molecular weight excluding hydrogens is 242 g/mol. The fraction of sp³-hybridized carbons (Fsp3) is 0.846. The Hall–Kier alpha value is -1.30. The molecular formula is C13H23N5O. The summed E-state index contributed by atoms with van der Waals surface area (Å²) in [5.74, 6) is 1.33. The van der Waals surface area contributed by atoms with E-state index >= 15 is 0 Å². The van der Waals surface area contributed by atoms with Gasteiger partial charge in [-0.25, -0.2) is 0 Å². The molecule has 6 heteroatoms. The van der Waals surface area contributed by atoms with Gasteiger partial charge in [0.05, 0.1) is 19.0 Å². The van der Waals surface area contributed by atoms with Gasteiger partial charge in [0.1, 0.15) is 0 Å². The van der Waals surface area contributed by atoms with Crippen LogP contribution in [0.4, 0.5) is 0 Å². The third-order valence-corrected chi connectivity index (χ3v) is 4.22. The highest BCUT2D eigenvalue weighted by Crippen LogP contribution is 2.36. The van der Waals surface area contributed by atoms with Crippen LogP contribution in [0.3, 0.4) is 0 Å². The Balaban J connectivity index is 2.16. The number of hydrogen-bond acceptors (Lipinski definition) is 5. The predicted octanol–water partition coefficient (Wildman–Crippen LogP) is 0.832. The summed E-state index contributed by atoms with van der Waals surface area (Å²) in [6, 6.07) is 0. The van der Waals surface area contributed by atoms with Crippen molar-refractivity contribution in [2.75, 3.05) is 14.1 Å². The van der Waals surface area contributed by atoms with E-state index in [-0.39, 0.29) is 17.7 Å². The van der Waals surface area contributed by atoms with Crippen molar-refractivity contribution in [2.24, 2.45) is 13.0 Å². The average molecular weight is 265 g/mol. The summed E-state index contributed by atoms with van der Waals surface area (Å²) in [6.07, 6.45) is 4.46. The van der Waals surface area contributed by atoms with Gasteiger partial charge in [0.15, 0.2) is 11.6 Å². The summed E-state index contributed by atoms with van der Waals surface area (Å²) in [6.45, 7) is 2.23. The molecule has 1 heterocycles. The quantitative estimate of drug-likeness (QED) is 0.807. The van der Waals surface area contributed by atoms with Crippen molar-refractivity contribution in [3.05, 3.63) is 5.82 Å². The topological polar surface area (TPSA) is 63.9 Å². The van der Waals surface area contributed by atoms with Gasteiger partial charge >= 0.3 is 0 Å². The number of likely N-dealkylation sites (N-methyl/N-ethyl adjacent to an activating group) is 1. The highest BCUT2D eigenvalue weighted by atomic mass is 16.1. The molecule has 0 spiro atoms. The van der Waals surface area contributed by atoms with Crippen LogP contribution >= 0.6 is 0 Å². The lowest BCUT2D eigenvalue weighted by molar-refractivity contribution is -0.132. The van der Waals surface area contributed by atoms with Crippen LogP contribution in [0.5, 0.6) is 0 Å². The number of carbonyl (C=O) groups excluding carboxylic acids is 1. The highest BCUT2D eigenvalue weighted by Gasteiger charge is 2.43. The molecule has 0 saturated heterocycles. The van der Waals surface area contributed by atoms with Gasteiger partial charge in [-0.1, -0.05) is 19.8 Å². The van der Waals surface area contributed by atoms with E-state index in [9.17, 15) is 4.79 Å². The van der Waals surface area contributed by atoms with Crippen molar-refractivity contribution in [2.45, 2.75) is 44.6 Å². The van der Waals surface area contributed by atoms with E-state index in [2.05, 4.69) is 27.2 Å². The smallest absolute Gasteiger partial charge is 0.182 e. The first-order valence-electron chi connectivity index (χ1n) is 6.87. The van der Waals surface area contributed by atoms with E-state index in [1.807, 2.05) is 14.1 Å². The maximum absolute atomic E-state index is 12.7. The van der Waals surface area contributed by atoms with E-state index in [0.29, 0.717) is 11.7 Å². The van der Waals surface area contributed by atoms with E-state index in [0.717, 1.165) is 19.3 Å². The average Bonchev–Trinajstić information content (AvgIpc) is 2.74. The van der Waals surface area contributed by atoms with Gasteiger partial charge in [0, 0.05) is 0 Å². The first-order valence-corrected chi connectivity index (χ1v) is 6.87. The van der Waals surface area contributed by atoms with Crippen LogP contribution in [-0.4, -0.2) is 50.5 Å². The van der Waals surface area contributed by atoms with Crippen molar-refractivity contribution in [1.82, 2.24) is 25.1 Å². The Morgan fingerprint density at radius 1 is 1.53 bits per heavy atom. The molecule has 0 aromatic carbocycles. The normalized spacial score (nSPS) is 27.7. The van der Waals surface area contributed by atoms with Crippen molar-refractivity contribution in [3.8, 4) is 0 Å². The van der Waals surface area contributed by atoms with Gasteiger partial charge in [0.2, 0.25) is 0 Å². The van der Waals surface area contributed by atoms with Crippen LogP contribution in [0, 0.1) is 5.92 Å². The monoisotopic (exact) mass is 265 g/mol. The molecule has 0 amide bonds. The lowest BCUT2D eigenvalue weighted by Gasteiger charge is -2.43. The van der Waals surface area contributed by atoms with Crippen LogP contribution < -0.4 is 0 Å². The fourth-order valence-electron chi connectivity index (χ4n) is 3.13. The molecule has 2 atom stereocenters. The maximum atomic E-state index is 12.7. The number of tetrazole rings is 1. The highest BCUT2D eigenvalue weighted by molar-refractivity contribution is 5.89. The molecule has 1 saturated carbocycles. The Labute approximate surface area is 114 Å². The SMILES string of the molecule is CC1CCCC(C(=O)Cc2nnn(C)n2)(N(C)C)C1. The number of aryl methyl sites for hydroxylation is 1. The molecule has 1 aliphatic carbocycles. The number of carbonyl (C=O) groups is 1. The summed E-state index contributed by atoms with van der Waals surface area (Å²) < 4.78 is 0. The van der Waals surface area contributed by atoms with E-state index < -0.39 is 0 Å². The number of nitrogens with zero attached hydrogens (tertiary/aromatic N) is 5. The number of ketones is 1. The summed E-state index contributed by atoms with van der Waals surface area (Å²) in [7, 11) is 5.71. The standard InChI is InChI=1S/C13H23N5O/c1-10-6-5-7-13(9-10,17(2)3)11(19)8-12-14-16-18(4)15-12/h10H,5-9H2,1-4H3. The molecule has 2 rings (SSSR count). The van der Waals surface area contributed by atoms with Crippen LogP contribution in [-0.2, 0) is 18.3 Å². The zero-order chi connectivity index (χ0) is 14.0. The number of rotatable bonds is 4. The third-order valence-electron chi connectivity index (χ3n) is 4.22. The van der Waals surface area contributed by atoms with Crippen molar-refractivity contribution < 1.29 is 4.79 Å². The molecule has 0 bridgehead atoms. The van der Waals surface area contributed by atoms with Gasteiger partial charge in [-0.05, 0) is 38.1 Å². The van der Waals surface area contributed by atoms with Crippen LogP contribution in [0.15, 0.2) is 0 Å². The second kappa shape index (κ2) is 5.36. The van der Waals surface area contributed by atoms with Crippen LogP contribution in [0.1, 0.15) is 38.4 Å². The van der Waals surface area contributed by atoms with E-state index in [1.54, 1.807) is 7.05 Å². The van der Waals surface area contributed by atoms with E-state index in [1.165, 1.54) is 11.2 Å². The number of aromatic nitrogens is 4. The molecule has 106 valence electrons. The van der Waals surface area contributed by atoms with Crippen LogP contribution in [0.25, 0.3) is 0 Å². The maximum Gasteiger partial charge on any atom is 0.182 e. The molecule has 0 aliphatic heterocycles. The third kappa shape index (κ3) is 2.83. The Morgan fingerprint density at radius 3 is 2.79 bits per heavy atom. The van der Waals surface area contributed by atoms with Crippen molar-refractivity contribution in [3.63, 3.8) is 0 Å². The van der Waals surface area contributed by atoms with Crippen LogP contribution in [0.2, 0.25) is 0 Å². The molecule has 1 aromatic heterocycles. The Kier molecular flexibility index (Phi) is 3.99. The Bertz CT molecular complexity index is 456. The predicted molar refractivity (Wildman–Crippen MR) is 71.6 cm³/mol. The summed E-state index contributed by atoms with van der Waals surface area (Å²) in [5, 5.41) is 11.8. The molecule has 1 aliphatic rings. The minimum absolute atomic E-state index is 0.219. The molecule has 0 N–H and O–H groups in total. The van der Waals surface area contributed by atoms with Gasteiger partial charge in [-0.3, -0.25) is 9.69 Å². The lowest BCUT2D eigenvalue weighted by atomic mass is 9.72. The molecule has 1 fully saturated rings. The fourth-order valence-corrected chi connectivity index (χ4v) is 3.13. The second-order valence-electron chi connectivity index (χ2n) is 5.92. The first-order chi connectivity index (χ1) is 8.94. The van der Waals surface area contributed by atoms with Gasteiger partial charge in [0.25, 0.3) is 0 Å². The van der Waals surface area contributed by atoms with E-state index in [4.69, 9.17) is 0 Å². The number of Topliss-reactive ketones (excluding diaryl/α,β-unsaturated/α-hetero) is 1. The summed E-state index contributed by atoms with van der Waals surface area (Å²) in [4.78, 5) is 16.2. The molecule has 6 nitrogen and oxygen atoms in total. The zero-order valence-corrected chi connectivity index (χ0v) is 12.3. The van der Waals surface area contributed by atoms with Gasteiger partial charge in [-0.15, -0.1) is 10.2 Å². The molecule has 1 aromatic rings. The molecule has 0 radical (unpaired) electrons. The molecule has 2 unspecified atom stereocenters. The minimum Gasteiger partial charge on any atom is -0.297 e. The first kappa shape index (κ1) is 14.1. The Morgan fingerprint density at radius 2 is 2.26 bits per heavy atom. The molecule has 19 heavy (non-hydrogen) atoms. The van der Waals surface area contributed by atoms with Crippen molar-refractivity contribution in [1.29, 1.82) is 0 Å². The summed E-state index contributed by atoms with van der Waals surface area (Å²) >= 11 is 0. The van der Waals surface area contributed by atoms with Crippen molar-refractivity contribution >= 4 is 5.78 Å². The van der Waals surface area contributed by atoms with Gasteiger partial charge < -0.3 is 0 Å².